The average molecular weight is 475 g/mol. The van der Waals surface area contributed by atoms with Crippen molar-refractivity contribution in [1.29, 1.82) is 0 Å². The van der Waals surface area contributed by atoms with Crippen LogP contribution in [0.3, 0.4) is 0 Å². The Kier molecular flexibility index (Phi) is 7.46. The van der Waals surface area contributed by atoms with Crippen LogP contribution in [0.5, 0.6) is 11.5 Å². The van der Waals surface area contributed by atoms with Gasteiger partial charge in [-0.25, -0.2) is 9.80 Å². The van der Waals surface area contributed by atoms with E-state index in [1.54, 1.807) is 6.07 Å². The first-order valence-corrected chi connectivity index (χ1v) is 10.4. The smallest absolute Gasteiger partial charge is 0.338 e. The van der Waals surface area contributed by atoms with Gasteiger partial charge in [0.1, 0.15) is 0 Å². The van der Waals surface area contributed by atoms with E-state index < -0.39 is 12.6 Å². The normalized spacial score (nSPS) is 13.0. The molecule has 2 aromatic carbocycles. The minimum absolute atomic E-state index is 0.255. The van der Waals surface area contributed by atoms with Crippen molar-refractivity contribution in [3.63, 3.8) is 0 Å². The molecule has 1 amide bonds. The van der Waals surface area contributed by atoms with Crippen molar-refractivity contribution in [2.75, 3.05) is 26.9 Å². The molecular formula is C22H23BrN2O5. The van der Waals surface area contributed by atoms with Gasteiger partial charge in [-0.2, -0.15) is 5.10 Å². The fraction of sp³-hybridized carbons (Fsp3) is 0.318. The van der Waals surface area contributed by atoms with Crippen LogP contribution >= 0.6 is 15.9 Å². The van der Waals surface area contributed by atoms with Gasteiger partial charge in [-0.3, -0.25) is 4.79 Å². The van der Waals surface area contributed by atoms with Gasteiger partial charge in [0, 0.05) is 6.42 Å². The Morgan fingerprint density at radius 3 is 2.67 bits per heavy atom. The Morgan fingerprint density at radius 2 is 1.97 bits per heavy atom. The van der Waals surface area contributed by atoms with Gasteiger partial charge in [0.15, 0.2) is 18.1 Å². The van der Waals surface area contributed by atoms with Crippen LogP contribution in [0.2, 0.25) is 0 Å². The molecule has 8 heteroatoms. The van der Waals surface area contributed by atoms with Crippen LogP contribution in [0.25, 0.3) is 0 Å². The molecule has 0 saturated carbocycles. The monoisotopic (exact) mass is 474 g/mol. The number of carbonyl (C=O) groups excluding carboxylic acids is 2. The first kappa shape index (κ1) is 21.8. The van der Waals surface area contributed by atoms with Crippen molar-refractivity contribution in [3.05, 3.63) is 58.1 Å². The molecule has 1 aliphatic heterocycles. The van der Waals surface area contributed by atoms with Gasteiger partial charge in [-0.05, 0) is 40.0 Å². The number of amides is 1. The minimum Gasteiger partial charge on any atom is -0.493 e. The summed E-state index contributed by atoms with van der Waals surface area (Å²) in [5.74, 6) is -0.0707. The maximum absolute atomic E-state index is 12.4. The van der Waals surface area contributed by atoms with Gasteiger partial charge in [0.2, 0.25) is 0 Å². The SMILES string of the molecule is CCCOc1c(Br)cc(C(=O)OCC(=O)N2CCC(c3ccccc3)=N2)cc1OC. The Labute approximate surface area is 183 Å². The highest BCUT2D eigenvalue weighted by molar-refractivity contribution is 9.10. The molecule has 7 nitrogen and oxygen atoms in total. The summed E-state index contributed by atoms with van der Waals surface area (Å²) < 4.78 is 16.8. The molecule has 0 aliphatic carbocycles. The molecule has 0 bridgehead atoms. The fourth-order valence-electron chi connectivity index (χ4n) is 2.94. The van der Waals surface area contributed by atoms with Crippen molar-refractivity contribution < 1.29 is 23.8 Å². The number of rotatable bonds is 8. The van der Waals surface area contributed by atoms with E-state index in [2.05, 4.69) is 21.0 Å². The molecule has 0 fully saturated rings. The van der Waals surface area contributed by atoms with Crippen LogP contribution in [-0.4, -0.2) is 49.5 Å². The highest BCUT2D eigenvalue weighted by Gasteiger charge is 2.23. The Balaban J connectivity index is 1.62. The predicted molar refractivity (Wildman–Crippen MR) is 116 cm³/mol. The fourth-order valence-corrected chi connectivity index (χ4v) is 3.49. The molecule has 0 spiro atoms. The van der Waals surface area contributed by atoms with E-state index in [1.807, 2.05) is 37.3 Å². The average Bonchev–Trinajstić information content (AvgIpc) is 3.27. The first-order valence-electron chi connectivity index (χ1n) is 9.64. The van der Waals surface area contributed by atoms with Crippen LogP contribution in [0, 0.1) is 0 Å². The predicted octanol–water partition coefficient (Wildman–Crippen LogP) is 4.04. The van der Waals surface area contributed by atoms with Crippen molar-refractivity contribution >= 4 is 33.5 Å². The van der Waals surface area contributed by atoms with Crippen LogP contribution in [-0.2, 0) is 9.53 Å². The second-order valence-corrected chi connectivity index (χ2v) is 7.45. The molecule has 30 heavy (non-hydrogen) atoms. The zero-order valence-electron chi connectivity index (χ0n) is 16.9. The number of carbonyl (C=O) groups is 2. The van der Waals surface area contributed by atoms with Gasteiger partial charge in [-0.1, -0.05) is 37.3 Å². The van der Waals surface area contributed by atoms with Crippen molar-refractivity contribution in [2.45, 2.75) is 19.8 Å². The summed E-state index contributed by atoms with van der Waals surface area (Å²) in [6.07, 6.45) is 1.50. The third-order valence-electron chi connectivity index (χ3n) is 4.44. The molecule has 1 heterocycles. The summed E-state index contributed by atoms with van der Waals surface area (Å²) in [5, 5.41) is 5.70. The van der Waals surface area contributed by atoms with Crippen molar-refractivity contribution in [1.82, 2.24) is 5.01 Å². The number of halogens is 1. The molecule has 0 radical (unpaired) electrons. The zero-order valence-corrected chi connectivity index (χ0v) is 18.5. The lowest BCUT2D eigenvalue weighted by atomic mass is 10.1. The van der Waals surface area contributed by atoms with Gasteiger partial charge >= 0.3 is 5.97 Å². The van der Waals surface area contributed by atoms with Gasteiger partial charge in [0.25, 0.3) is 5.91 Å². The zero-order chi connectivity index (χ0) is 21.5. The Morgan fingerprint density at radius 1 is 1.20 bits per heavy atom. The molecule has 0 saturated heterocycles. The minimum atomic E-state index is -0.629. The topological polar surface area (TPSA) is 77.4 Å². The lowest BCUT2D eigenvalue weighted by molar-refractivity contribution is -0.134. The van der Waals surface area contributed by atoms with E-state index in [-0.39, 0.29) is 11.5 Å². The molecule has 158 valence electrons. The molecule has 2 aromatic rings. The second kappa shape index (κ2) is 10.2. The summed E-state index contributed by atoms with van der Waals surface area (Å²) in [6, 6.07) is 12.8. The van der Waals surface area contributed by atoms with Crippen LogP contribution in [0.1, 0.15) is 35.7 Å². The number of methoxy groups -OCH3 is 1. The number of benzene rings is 2. The van der Waals surface area contributed by atoms with Gasteiger partial charge in [-0.15, -0.1) is 0 Å². The lowest BCUT2D eigenvalue weighted by Gasteiger charge is -2.14. The summed E-state index contributed by atoms with van der Waals surface area (Å²) >= 11 is 3.39. The Hall–Kier alpha value is -2.87. The van der Waals surface area contributed by atoms with E-state index in [4.69, 9.17) is 14.2 Å². The van der Waals surface area contributed by atoms with E-state index in [1.165, 1.54) is 18.2 Å². The number of esters is 1. The Bertz CT molecular complexity index is 946. The number of hydrogen-bond acceptors (Lipinski definition) is 6. The van der Waals surface area contributed by atoms with E-state index >= 15 is 0 Å². The highest BCUT2D eigenvalue weighted by atomic mass is 79.9. The van der Waals surface area contributed by atoms with Crippen LogP contribution in [0.4, 0.5) is 0 Å². The van der Waals surface area contributed by atoms with E-state index in [0.29, 0.717) is 35.5 Å². The summed E-state index contributed by atoms with van der Waals surface area (Å²) in [7, 11) is 1.49. The molecular weight excluding hydrogens is 452 g/mol. The van der Waals surface area contributed by atoms with Gasteiger partial charge < -0.3 is 14.2 Å². The number of nitrogens with zero attached hydrogens (tertiary/aromatic N) is 2. The quantitative estimate of drug-likeness (QED) is 0.539. The molecule has 0 unspecified atom stereocenters. The van der Waals surface area contributed by atoms with Crippen LogP contribution in [0.15, 0.2) is 52.0 Å². The highest BCUT2D eigenvalue weighted by Crippen LogP contribution is 2.37. The van der Waals surface area contributed by atoms with Crippen molar-refractivity contribution in [3.8, 4) is 11.5 Å². The second-order valence-electron chi connectivity index (χ2n) is 6.59. The number of hydrogen-bond donors (Lipinski definition) is 0. The third kappa shape index (κ3) is 5.18. The largest absolute Gasteiger partial charge is 0.493 e. The van der Waals surface area contributed by atoms with Crippen LogP contribution < -0.4 is 9.47 Å². The first-order chi connectivity index (χ1) is 14.5. The lowest BCUT2D eigenvalue weighted by Crippen LogP contribution is -2.28. The number of ether oxygens (including phenoxy) is 3. The van der Waals surface area contributed by atoms with E-state index in [0.717, 1.165) is 17.7 Å². The van der Waals surface area contributed by atoms with Gasteiger partial charge in [0.05, 0.1) is 36.0 Å². The van der Waals surface area contributed by atoms with E-state index in [9.17, 15) is 9.59 Å². The molecule has 1 aliphatic rings. The standard InChI is InChI=1S/C22H23BrN2O5/c1-3-11-29-21-17(23)12-16(13-19(21)28-2)22(27)30-14-20(26)25-10-9-18(24-25)15-7-5-4-6-8-15/h4-8,12-13H,3,9-11,14H2,1-2H3. The van der Waals surface area contributed by atoms with Crippen molar-refractivity contribution in [2.24, 2.45) is 5.10 Å². The maximum Gasteiger partial charge on any atom is 0.338 e. The molecule has 3 rings (SSSR count). The summed E-state index contributed by atoms with van der Waals surface area (Å²) in [5.41, 5.74) is 2.07. The summed E-state index contributed by atoms with van der Waals surface area (Å²) in [6.45, 7) is 2.59. The molecule has 0 atom stereocenters. The molecule has 0 N–H and O–H groups in total. The molecule has 0 aromatic heterocycles. The summed E-state index contributed by atoms with van der Waals surface area (Å²) in [4.78, 5) is 24.9. The third-order valence-corrected chi connectivity index (χ3v) is 5.03. The number of hydrazone groups is 1. The maximum atomic E-state index is 12.4.